The van der Waals surface area contributed by atoms with E-state index in [0.29, 0.717) is 23.6 Å². The summed E-state index contributed by atoms with van der Waals surface area (Å²) >= 11 is 0. The van der Waals surface area contributed by atoms with Crippen molar-refractivity contribution in [2.24, 2.45) is 0 Å². The Hall–Kier alpha value is -1.36. The summed E-state index contributed by atoms with van der Waals surface area (Å²) in [6, 6.07) is 2.94. The fourth-order valence-corrected chi connectivity index (χ4v) is 1.55. The molecule has 2 rings (SSSR count). The molecule has 1 aromatic carbocycles. The second-order valence-electron chi connectivity index (χ2n) is 3.24. The standard InChI is InChI=1S/C10H11F2NO2/c1-13-4-6-2-8-9(15-5-14-8)3-7(6)10(11)12/h2-3,10,13H,4-5H2,1H3. The van der Waals surface area contributed by atoms with E-state index in [0.717, 1.165) is 0 Å². The van der Waals surface area contributed by atoms with Crippen LogP contribution in [-0.2, 0) is 6.54 Å². The van der Waals surface area contributed by atoms with Crippen LogP contribution in [0.25, 0.3) is 0 Å². The van der Waals surface area contributed by atoms with Gasteiger partial charge in [0, 0.05) is 12.1 Å². The molecule has 0 radical (unpaired) electrons. The summed E-state index contributed by atoms with van der Waals surface area (Å²) in [6.07, 6.45) is -2.50. The van der Waals surface area contributed by atoms with Crippen LogP contribution in [0.15, 0.2) is 12.1 Å². The van der Waals surface area contributed by atoms with Gasteiger partial charge in [0.15, 0.2) is 11.5 Å². The Kier molecular flexibility index (Phi) is 2.73. The zero-order valence-electron chi connectivity index (χ0n) is 8.22. The van der Waals surface area contributed by atoms with Crippen molar-refractivity contribution in [3.8, 4) is 11.5 Å². The highest BCUT2D eigenvalue weighted by molar-refractivity contribution is 5.49. The number of alkyl halides is 2. The van der Waals surface area contributed by atoms with Crippen molar-refractivity contribution >= 4 is 0 Å². The first-order valence-corrected chi connectivity index (χ1v) is 4.57. The minimum absolute atomic E-state index is 0.00593. The first kappa shape index (κ1) is 10.2. The molecule has 5 heteroatoms. The lowest BCUT2D eigenvalue weighted by Crippen LogP contribution is -2.08. The normalized spacial score (nSPS) is 13.6. The van der Waals surface area contributed by atoms with Gasteiger partial charge in [0.25, 0.3) is 6.43 Å². The highest BCUT2D eigenvalue weighted by Gasteiger charge is 2.21. The van der Waals surface area contributed by atoms with Gasteiger partial charge in [0.05, 0.1) is 0 Å². The van der Waals surface area contributed by atoms with Crippen LogP contribution in [0, 0.1) is 0 Å². The van der Waals surface area contributed by atoms with E-state index in [1.807, 2.05) is 0 Å². The zero-order chi connectivity index (χ0) is 10.8. The average molecular weight is 215 g/mol. The number of hydrogen-bond acceptors (Lipinski definition) is 3. The second kappa shape index (κ2) is 4.02. The Morgan fingerprint density at radius 3 is 2.60 bits per heavy atom. The van der Waals surface area contributed by atoms with Crippen molar-refractivity contribution in [1.29, 1.82) is 0 Å². The van der Waals surface area contributed by atoms with Gasteiger partial charge in [-0.05, 0) is 24.7 Å². The monoisotopic (exact) mass is 215 g/mol. The van der Waals surface area contributed by atoms with Crippen molar-refractivity contribution in [2.75, 3.05) is 13.8 Å². The van der Waals surface area contributed by atoms with Crippen molar-refractivity contribution in [1.82, 2.24) is 5.32 Å². The van der Waals surface area contributed by atoms with Gasteiger partial charge >= 0.3 is 0 Å². The van der Waals surface area contributed by atoms with Crippen LogP contribution in [0.3, 0.4) is 0 Å². The number of nitrogens with one attached hydrogen (secondary N) is 1. The van der Waals surface area contributed by atoms with E-state index in [2.05, 4.69) is 5.32 Å². The lowest BCUT2D eigenvalue weighted by Gasteiger charge is -2.09. The molecule has 0 saturated carbocycles. The molecule has 1 heterocycles. The predicted octanol–water partition coefficient (Wildman–Crippen LogP) is 2.07. The molecule has 1 aliphatic heterocycles. The summed E-state index contributed by atoms with van der Waals surface area (Å²) in [5.74, 6) is 0.926. The van der Waals surface area contributed by atoms with E-state index in [4.69, 9.17) is 9.47 Å². The summed E-state index contributed by atoms with van der Waals surface area (Å²) in [5, 5.41) is 2.84. The first-order chi connectivity index (χ1) is 7.22. The molecule has 1 aromatic rings. The molecule has 0 unspecified atom stereocenters. The molecule has 1 aliphatic rings. The number of hydrogen-bond donors (Lipinski definition) is 1. The van der Waals surface area contributed by atoms with Crippen LogP contribution in [-0.4, -0.2) is 13.8 Å². The molecule has 0 spiro atoms. The molecule has 0 aromatic heterocycles. The summed E-state index contributed by atoms with van der Waals surface area (Å²) < 4.78 is 35.6. The molecule has 1 N–H and O–H groups in total. The molecule has 0 fully saturated rings. The number of fused-ring (bicyclic) bond motifs is 1. The zero-order valence-corrected chi connectivity index (χ0v) is 8.22. The van der Waals surface area contributed by atoms with Crippen LogP contribution >= 0.6 is 0 Å². The van der Waals surface area contributed by atoms with E-state index in [1.165, 1.54) is 6.07 Å². The number of rotatable bonds is 3. The maximum absolute atomic E-state index is 12.7. The summed E-state index contributed by atoms with van der Waals surface area (Å²) in [6.45, 7) is 0.483. The smallest absolute Gasteiger partial charge is 0.264 e. The maximum Gasteiger partial charge on any atom is 0.264 e. The van der Waals surface area contributed by atoms with Crippen molar-refractivity contribution in [3.63, 3.8) is 0 Å². The largest absolute Gasteiger partial charge is 0.454 e. The molecule has 0 atom stereocenters. The van der Waals surface area contributed by atoms with Gasteiger partial charge < -0.3 is 14.8 Å². The third-order valence-corrected chi connectivity index (χ3v) is 2.24. The van der Waals surface area contributed by atoms with Crippen LogP contribution in [0.2, 0.25) is 0 Å². The molecule has 15 heavy (non-hydrogen) atoms. The van der Waals surface area contributed by atoms with E-state index in [-0.39, 0.29) is 12.4 Å². The Bertz CT molecular complexity index is 369. The van der Waals surface area contributed by atoms with Crippen molar-refractivity contribution < 1.29 is 18.3 Å². The molecule has 0 saturated heterocycles. The number of halogens is 2. The Balaban J connectivity index is 2.42. The predicted molar refractivity (Wildman–Crippen MR) is 50.3 cm³/mol. The summed E-state index contributed by atoms with van der Waals surface area (Å²) in [4.78, 5) is 0. The minimum Gasteiger partial charge on any atom is -0.454 e. The Morgan fingerprint density at radius 1 is 1.33 bits per heavy atom. The third-order valence-electron chi connectivity index (χ3n) is 2.24. The van der Waals surface area contributed by atoms with E-state index in [9.17, 15) is 8.78 Å². The van der Waals surface area contributed by atoms with E-state index in [1.54, 1.807) is 13.1 Å². The lowest BCUT2D eigenvalue weighted by molar-refractivity contribution is 0.149. The van der Waals surface area contributed by atoms with E-state index >= 15 is 0 Å². The fraction of sp³-hybridized carbons (Fsp3) is 0.400. The minimum atomic E-state index is -2.50. The molecule has 0 amide bonds. The van der Waals surface area contributed by atoms with Gasteiger partial charge in [-0.1, -0.05) is 0 Å². The van der Waals surface area contributed by atoms with E-state index < -0.39 is 6.43 Å². The fourth-order valence-electron chi connectivity index (χ4n) is 1.55. The lowest BCUT2D eigenvalue weighted by atomic mass is 10.1. The average Bonchev–Trinajstić information content (AvgIpc) is 2.63. The summed E-state index contributed by atoms with van der Waals surface area (Å²) in [7, 11) is 1.71. The highest BCUT2D eigenvalue weighted by Crippen LogP contribution is 2.37. The first-order valence-electron chi connectivity index (χ1n) is 4.57. The van der Waals surface area contributed by atoms with Gasteiger partial charge in [-0.2, -0.15) is 0 Å². The van der Waals surface area contributed by atoms with Crippen LogP contribution in [0.1, 0.15) is 17.6 Å². The second-order valence-corrected chi connectivity index (χ2v) is 3.24. The van der Waals surface area contributed by atoms with Gasteiger partial charge in [0.1, 0.15) is 0 Å². The van der Waals surface area contributed by atoms with Crippen LogP contribution in [0.4, 0.5) is 8.78 Å². The Morgan fingerprint density at radius 2 is 2.00 bits per heavy atom. The van der Waals surface area contributed by atoms with Crippen LogP contribution in [0.5, 0.6) is 11.5 Å². The quantitative estimate of drug-likeness (QED) is 0.837. The van der Waals surface area contributed by atoms with Gasteiger partial charge in [-0.25, -0.2) is 8.78 Å². The SMILES string of the molecule is CNCc1cc2c(cc1C(F)F)OCO2. The molecular weight excluding hydrogens is 204 g/mol. The summed E-state index contributed by atoms with van der Waals surface area (Å²) in [5.41, 5.74) is 0.533. The van der Waals surface area contributed by atoms with Crippen molar-refractivity contribution in [2.45, 2.75) is 13.0 Å². The van der Waals surface area contributed by atoms with Crippen molar-refractivity contribution in [3.05, 3.63) is 23.3 Å². The molecular formula is C10H11F2NO2. The topological polar surface area (TPSA) is 30.5 Å². The Labute approximate surface area is 86.0 Å². The molecule has 0 aliphatic carbocycles. The van der Waals surface area contributed by atoms with Gasteiger partial charge in [-0.15, -0.1) is 0 Å². The number of ether oxygens (including phenoxy) is 2. The van der Waals surface area contributed by atoms with Crippen LogP contribution < -0.4 is 14.8 Å². The van der Waals surface area contributed by atoms with Gasteiger partial charge in [0.2, 0.25) is 6.79 Å². The maximum atomic E-state index is 12.7. The number of benzene rings is 1. The third kappa shape index (κ3) is 1.87. The molecule has 0 bridgehead atoms. The highest BCUT2D eigenvalue weighted by atomic mass is 19.3. The molecule has 82 valence electrons. The van der Waals surface area contributed by atoms with Gasteiger partial charge in [-0.3, -0.25) is 0 Å². The molecule has 3 nitrogen and oxygen atoms in total.